The molecule has 9 rings (SSSR count). The summed E-state index contributed by atoms with van der Waals surface area (Å²) in [6.07, 6.45) is 13.5. The third kappa shape index (κ3) is 5.66. The van der Waals surface area contributed by atoms with Crippen molar-refractivity contribution in [3.05, 3.63) is 167 Å². The Kier molecular flexibility index (Phi) is 8.55. The zero-order valence-corrected chi connectivity index (χ0v) is 30.5. The molecule has 1 spiro atoms. The maximum atomic E-state index is 5.23. The maximum Gasteiger partial charge on any atom is 0.160 e. The molecule has 0 unspecified atom stereocenters. The van der Waals surface area contributed by atoms with Gasteiger partial charge in [-0.05, 0) is 107 Å². The second-order valence-corrected chi connectivity index (χ2v) is 15.0. The van der Waals surface area contributed by atoms with E-state index in [-0.39, 0.29) is 5.41 Å². The highest BCUT2D eigenvalue weighted by Crippen LogP contribution is 2.61. The van der Waals surface area contributed by atoms with E-state index < -0.39 is 0 Å². The molecule has 52 heavy (non-hydrogen) atoms. The minimum atomic E-state index is 0.190. The first kappa shape index (κ1) is 32.6. The Morgan fingerprint density at radius 3 is 2.00 bits per heavy atom. The SMILES string of the molecule is CCCc1cc(-c2cc(-c3ccc(-c4ccccc4)cc3)nc(-c3ccccc3)n2)ccc1C1=C2C(=CCC1)C1(CCCCC1)c1cccc(C)c12. The van der Waals surface area contributed by atoms with Crippen LogP contribution < -0.4 is 0 Å². The van der Waals surface area contributed by atoms with E-state index in [2.05, 4.69) is 141 Å². The van der Waals surface area contributed by atoms with E-state index in [4.69, 9.17) is 9.97 Å². The summed E-state index contributed by atoms with van der Waals surface area (Å²) in [6, 6.07) is 46.2. The minimum absolute atomic E-state index is 0.190. The van der Waals surface area contributed by atoms with Crippen molar-refractivity contribution >= 4 is 11.1 Å². The topological polar surface area (TPSA) is 25.8 Å². The van der Waals surface area contributed by atoms with Gasteiger partial charge in [-0.15, -0.1) is 0 Å². The lowest BCUT2D eigenvalue weighted by Gasteiger charge is -2.37. The smallest absolute Gasteiger partial charge is 0.160 e. The Morgan fingerprint density at radius 1 is 0.615 bits per heavy atom. The Balaban J connectivity index is 1.17. The van der Waals surface area contributed by atoms with Gasteiger partial charge in [0.1, 0.15) is 0 Å². The molecule has 1 heterocycles. The van der Waals surface area contributed by atoms with E-state index in [0.717, 1.165) is 59.6 Å². The molecule has 2 nitrogen and oxygen atoms in total. The molecule has 1 saturated carbocycles. The van der Waals surface area contributed by atoms with E-state index in [1.807, 2.05) is 6.07 Å². The van der Waals surface area contributed by atoms with Gasteiger partial charge in [0.05, 0.1) is 11.4 Å². The minimum Gasteiger partial charge on any atom is -0.228 e. The van der Waals surface area contributed by atoms with Crippen LogP contribution in [0.3, 0.4) is 0 Å². The third-order valence-corrected chi connectivity index (χ3v) is 11.9. The van der Waals surface area contributed by atoms with E-state index in [1.54, 1.807) is 22.3 Å². The maximum absolute atomic E-state index is 5.23. The van der Waals surface area contributed by atoms with Crippen molar-refractivity contribution in [1.29, 1.82) is 0 Å². The number of fused-ring (bicyclic) bond motifs is 5. The lowest BCUT2D eigenvalue weighted by molar-refractivity contribution is 0.352. The monoisotopic (exact) mass is 674 g/mol. The summed E-state index contributed by atoms with van der Waals surface area (Å²) >= 11 is 0. The number of aromatic nitrogens is 2. The number of nitrogens with zero attached hydrogens (tertiary/aromatic N) is 2. The molecular formula is C50H46N2. The summed E-state index contributed by atoms with van der Waals surface area (Å²) in [6.45, 7) is 4.64. The molecule has 0 atom stereocenters. The molecule has 6 aromatic rings. The third-order valence-electron chi connectivity index (χ3n) is 11.9. The summed E-state index contributed by atoms with van der Waals surface area (Å²) in [5, 5.41) is 0. The van der Waals surface area contributed by atoms with Crippen molar-refractivity contribution in [2.45, 2.75) is 77.0 Å². The number of hydrogen-bond donors (Lipinski definition) is 0. The predicted octanol–water partition coefficient (Wildman–Crippen LogP) is 13.3. The quantitative estimate of drug-likeness (QED) is 0.168. The summed E-state index contributed by atoms with van der Waals surface area (Å²) < 4.78 is 0. The molecule has 1 fully saturated rings. The average molecular weight is 675 g/mol. The van der Waals surface area contributed by atoms with Gasteiger partial charge in [-0.25, -0.2) is 9.97 Å². The van der Waals surface area contributed by atoms with E-state index in [1.165, 1.54) is 65.5 Å². The predicted molar refractivity (Wildman–Crippen MR) is 218 cm³/mol. The van der Waals surface area contributed by atoms with Crippen molar-refractivity contribution in [1.82, 2.24) is 9.97 Å². The molecule has 256 valence electrons. The highest BCUT2D eigenvalue weighted by molar-refractivity contribution is 6.06. The van der Waals surface area contributed by atoms with Crippen molar-refractivity contribution in [2.24, 2.45) is 0 Å². The number of rotatable bonds is 7. The molecule has 0 bridgehead atoms. The number of aryl methyl sites for hydroxylation is 2. The van der Waals surface area contributed by atoms with Crippen LogP contribution in [-0.2, 0) is 11.8 Å². The molecule has 0 saturated heterocycles. The largest absolute Gasteiger partial charge is 0.228 e. The fourth-order valence-electron chi connectivity index (χ4n) is 9.42. The Morgan fingerprint density at radius 2 is 1.27 bits per heavy atom. The lowest BCUT2D eigenvalue weighted by Crippen LogP contribution is -2.28. The van der Waals surface area contributed by atoms with Gasteiger partial charge in [0, 0.05) is 22.1 Å². The van der Waals surface area contributed by atoms with Gasteiger partial charge in [-0.3, -0.25) is 0 Å². The van der Waals surface area contributed by atoms with Crippen LogP contribution in [0.25, 0.3) is 56.2 Å². The first-order chi connectivity index (χ1) is 25.6. The highest BCUT2D eigenvalue weighted by atomic mass is 14.9. The van der Waals surface area contributed by atoms with Gasteiger partial charge >= 0.3 is 0 Å². The Labute approximate surface area is 309 Å². The van der Waals surface area contributed by atoms with Gasteiger partial charge in [-0.1, -0.05) is 154 Å². The van der Waals surface area contributed by atoms with Crippen molar-refractivity contribution in [3.63, 3.8) is 0 Å². The first-order valence-electron chi connectivity index (χ1n) is 19.4. The number of benzene rings is 5. The van der Waals surface area contributed by atoms with E-state index in [0.29, 0.717) is 0 Å². The molecule has 1 aromatic heterocycles. The zero-order valence-electron chi connectivity index (χ0n) is 30.5. The van der Waals surface area contributed by atoms with Crippen LogP contribution in [0.1, 0.15) is 86.1 Å². The Bertz CT molecular complexity index is 2320. The second kappa shape index (κ2) is 13.7. The molecular weight excluding hydrogens is 629 g/mol. The van der Waals surface area contributed by atoms with Gasteiger partial charge in [0.25, 0.3) is 0 Å². The van der Waals surface area contributed by atoms with E-state index >= 15 is 0 Å². The van der Waals surface area contributed by atoms with Crippen LogP contribution in [-0.4, -0.2) is 9.97 Å². The normalized spacial score (nSPS) is 16.1. The molecule has 0 aliphatic heterocycles. The average Bonchev–Trinajstić information content (AvgIpc) is 3.48. The summed E-state index contributed by atoms with van der Waals surface area (Å²) in [4.78, 5) is 10.4. The molecule has 2 heteroatoms. The van der Waals surface area contributed by atoms with Gasteiger partial charge < -0.3 is 0 Å². The van der Waals surface area contributed by atoms with Gasteiger partial charge in [0.2, 0.25) is 0 Å². The molecule has 3 aliphatic rings. The second-order valence-electron chi connectivity index (χ2n) is 15.0. The van der Waals surface area contributed by atoms with Crippen molar-refractivity contribution in [3.8, 4) is 45.0 Å². The van der Waals surface area contributed by atoms with Crippen LogP contribution in [0.5, 0.6) is 0 Å². The van der Waals surface area contributed by atoms with Crippen LogP contribution in [0.4, 0.5) is 0 Å². The van der Waals surface area contributed by atoms with E-state index in [9.17, 15) is 0 Å². The van der Waals surface area contributed by atoms with Gasteiger partial charge in [0.15, 0.2) is 5.82 Å². The number of allylic oxidation sites excluding steroid dienone is 4. The molecule has 0 radical (unpaired) electrons. The first-order valence-corrected chi connectivity index (χ1v) is 19.4. The van der Waals surface area contributed by atoms with Crippen molar-refractivity contribution < 1.29 is 0 Å². The molecule has 3 aliphatic carbocycles. The zero-order chi connectivity index (χ0) is 35.1. The highest BCUT2D eigenvalue weighted by Gasteiger charge is 2.47. The van der Waals surface area contributed by atoms with Crippen LogP contribution in [0.15, 0.2) is 139 Å². The fourth-order valence-corrected chi connectivity index (χ4v) is 9.42. The summed E-state index contributed by atoms with van der Waals surface area (Å²) in [5.74, 6) is 0.754. The Hall–Kier alpha value is -5.34. The van der Waals surface area contributed by atoms with Crippen molar-refractivity contribution in [2.75, 3.05) is 0 Å². The van der Waals surface area contributed by atoms with Crippen LogP contribution in [0.2, 0.25) is 0 Å². The molecule has 5 aromatic carbocycles. The number of hydrogen-bond acceptors (Lipinski definition) is 2. The van der Waals surface area contributed by atoms with Crippen LogP contribution in [0, 0.1) is 6.92 Å². The van der Waals surface area contributed by atoms with Gasteiger partial charge in [-0.2, -0.15) is 0 Å². The lowest BCUT2D eigenvalue weighted by atomic mass is 9.66. The summed E-state index contributed by atoms with van der Waals surface area (Å²) in [7, 11) is 0. The molecule has 0 N–H and O–H groups in total. The standard InChI is InChI=1S/C50H46N2/c1-3-15-39-32-40(28-29-41(39)42-21-14-23-44-48(42)47-34(2)16-13-22-43(47)50(44)30-11-6-12-31-50)46-33-45(51-49(52-46)38-19-9-5-10-20-38)37-26-24-36(25-27-37)35-17-7-4-8-18-35/h4-5,7-10,13,16-20,22-29,32-33H,3,6,11-12,14-15,21,30-31H2,1-2H3. The summed E-state index contributed by atoms with van der Waals surface area (Å²) in [5.41, 5.74) is 19.9. The van der Waals surface area contributed by atoms with Crippen LogP contribution >= 0.6 is 0 Å². The fraction of sp³-hybridized carbons (Fsp3) is 0.240. The molecule has 0 amide bonds.